The highest BCUT2D eigenvalue weighted by atomic mass is 32.2. The summed E-state index contributed by atoms with van der Waals surface area (Å²) < 4.78 is 39.1. The molecule has 3 rings (SSSR count). The van der Waals surface area contributed by atoms with Gasteiger partial charge in [-0.2, -0.15) is 0 Å². The zero-order chi connectivity index (χ0) is 23.7. The standard InChI is InChI=1S/C24H26FN5O2S/c1-27-33(31,32)14-13-30-24-9-6-20(19-4-7-21(25)8-5-19)15-22(24)23(26)10-12-29-17-18-3-2-11-28-16-18/h2-12,15-16,27,30H,13-14,17,26H2,1H3. The van der Waals surface area contributed by atoms with Crippen LogP contribution in [0, 0.1) is 5.82 Å². The Kier molecular flexibility index (Phi) is 8.28. The van der Waals surface area contributed by atoms with Gasteiger partial charge in [0, 0.05) is 42.1 Å². The summed E-state index contributed by atoms with van der Waals surface area (Å²) in [5, 5.41) is 3.14. The molecule has 4 N–H and O–H groups in total. The van der Waals surface area contributed by atoms with Crippen LogP contribution >= 0.6 is 0 Å². The predicted molar refractivity (Wildman–Crippen MR) is 132 cm³/mol. The second kappa shape index (κ2) is 11.3. The summed E-state index contributed by atoms with van der Waals surface area (Å²) >= 11 is 0. The summed E-state index contributed by atoms with van der Waals surface area (Å²) in [6.45, 7) is 0.675. The van der Waals surface area contributed by atoms with Gasteiger partial charge in [-0.1, -0.05) is 24.3 Å². The molecule has 9 heteroatoms. The Bertz CT molecular complexity index is 1230. The molecule has 1 heterocycles. The summed E-state index contributed by atoms with van der Waals surface area (Å²) in [4.78, 5) is 8.42. The molecule has 0 bridgehead atoms. The maximum atomic E-state index is 13.3. The van der Waals surface area contributed by atoms with E-state index in [-0.39, 0.29) is 18.1 Å². The van der Waals surface area contributed by atoms with E-state index in [9.17, 15) is 12.8 Å². The fraction of sp³-hybridized carbons (Fsp3) is 0.167. The van der Waals surface area contributed by atoms with E-state index >= 15 is 0 Å². The van der Waals surface area contributed by atoms with Crippen LogP contribution in [0.3, 0.4) is 0 Å². The van der Waals surface area contributed by atoms with Crippen molar-refractivity contribution in [3.63, 3.8) is 0 Å². The molecule has 0 amide bonds. The molecule has 3 aromatic rings. The lowest BCUT2D eigenvalue weighted by Crippen LogP contribution is -2.26. The molecule has 0 saturated carbocycles. The third-order valence-corrected chi connectivity index (χ3v) is 6.23. The normalized spacial score (nSPS) is 12.2. The number of aliphatic imine (C=N–C) groups is 1. The first kappa shape index (κ1) is 24.1. The van der Waals surface area contributed by atoms with Gasteiger partial charge in [-0.15, -0.1) is 0 Å². The van der Waals surface area contributed by atoms with Crippen LogP contribution in [0.15, 0.2) is 78.1 Å². The molecule has 0 aliphatic heterocycles. The Morgan fingerprint density at radius 1 is 1.15 bits per heavy atom. The van der Waals surface area contributed by atoms with E-state index < -0.39 is 10.0 Å². The van der Waals surface area contributed by atoms with Crippen molar-refractivity contribution in [3.8, 4) is 11.1 Å². The zero-order valence-corrected chi connectivity index (χ0v) is 19.0. The number of rotatable bonds is 10. The number of nitrogens with two attached hydrogens (primary N) is 1. The Labute approximate surface area is 193 Å². The van der Waals surface area contributed by atoms with E-state index in [1.54, 1.807) is 36.8 Å². The topological polar surface area (TPSA) is 109 Å². The third-order valence-electron chi connectivity index (χ3n) is 4.86. The molecule has 0 radical (unpaired) electrons. The maximum absolute atomic E-state index is 13.3. The molecule has 33 heavy (non-hydrogen) atoms. The molecule has 7 nitrogen and oxygen atoms in total. The number of hydrogen-bond donors (Lipinski definition) is 3. The molecular weight excluding hydrogens is 441 g/mol. The highest BCUT2D eigenvalue weighted by Gasteiger charge is 2.11. The Morgan fingerprint density at radius 2 is 1.91 bits per heavy atom. The number of nitrogens with one attached hydrogen (secondary N) is 2. The van der Waals surface area contributed by atoms with Gasteiger partial charge in [0.1, 0.15) is 5.82 Å². The van der Waals surface area contributed by atoms with Gasteiger partial charge in [-0.3, -0.25) is 9.98 Å². The smallest absolute Gasteiger partial charge is 0.213 e. The highest BCUT2D eigenvalue weighted by Crippen LogP contribution is 2.28. The number of halogens is 1. The van der Waals surface area contributed by atoms with Crippen molar-refractivity contribution in [1.29, 1.82) is 0 Å². The molecule has 2 aromatic carbocycles. The molecule has 0 saturated heterocycles. The number of sulfonamides is 1. The maximum Gasteiger partial charge on any atom is 0.213 e. The molecule has 0 aliphatic carbocycles. The van der Waals surface area contributed by atoms with Gasteiger partial charge >= 0.3 is 0 Å². The van der Waals surface area contributed by atoms with Crippen molar-refractivity contribution in [1.82, 2.24) is 9.71 Å². The minimum atomic E-state index is -3.34. The zero-order valence-electron chi connectivity index (χ0n) is 18.2. The van der Waals surface area contributed by atoms with Crippen LogP contribution in [0.5, 0.6) is 0 Å². The Morgan fingerprint density at radius 3 is 2.61 bits per heavy atom. The van der Waals surface area contributed by atoms with Gasteiger partial charge in [0.15, 0.2) is 0 Å². The lowest BCUT2D eigenvalue weighted by Gasteiger charge is -2.14. The van der Waals surface area contributed by atoms with Gasteiger partial charge in [-0.25, -0.2) is 17.5 Å². The average molecular weight is 468 g/mol. The van der Waals surface area contributed by atoms with E-state index in [0.717, 1.165) is 16.7 Å². The molecule has 172 valence electrons. The van der Waals surface area contributed by atoms with Crippen molar-refractivity contribution < 1.29 is 12.8 Å². The van der Waals surface area contributed by atoms with Crippen molar-refractivity contribution in [2.24, 2.45) is 10.7 Å². The molecule has 0 atom stereocenters. The molecule has 0 aliphatic rings. The first-order valence-electron chi connectivity index (χ1n) is 10.3. The van der Waals surface area contributed by atoms with Gasteiger partial charge in [0.05, 0.1) is 12.3 Å². The molecule has 1 aromatic heterocycles. The minimum Gasteiger partial charge on any atom is -0.398 e. The van der Waals surface area contributed by atoms with Crippen LogP contribution in [0.4, 0.5) is 10.1 Å². The number of benzene rings is 2. The van der Waals surface area contributed by atoms with Crippen molar-refractivity contribution in [3.05, 3.63) is 90.0 Å². The first-order chi connectivity index (χ1) is 15.9. The minimum absolute atomic E-state index is 0.0845. The van der Waals surface area contributed by atoms with Crippen molar-refractivity contribution in [2.75, 3.05) is 24.7 Å². The Hall–Kier alpha value is -3.56. The predicted octanol–water partition coefficient (Wildman–Crippen LogP) is 3.42. The van der Waals surface area contributed by atoms with Crippen LogP contribution in [-0.4, -0.2) is 39.0 Å². The largest absolute Gasteiger partial charge is 0.398 e. The summed E-state index contributed by atoms with van der Waals surface area (Å²) in [5.74, 6) is -0.397. The monoisotopic (exact) mass is 467 g/mol. The fourth-order valence-corrected chi connectivity index (χ4v) is 3.63. The van der Waals surface area contributed by atoms with E-state index in [1.807, 2.05) is 30.3 Å². The second-order valence-corrected chi connectivity index (χ2v) is 9.24. The highest BCUT2D eigenvalue weighted by molar-refractivity contribution is 7.89. The third kappa shape index (κ3) is 7.23. The Balaban J connectivity index is 1.85. The van der Waals surface area contributed by atoms with E-state index in [1.165, 1.54) is 19.2 Å². The average Bonchev–Trinajstić information content (AvgIpc) is 2.83. The lowest BCUT2D eigenvalue weighted by molar-refractivity contribution is 0.588. The van der Waals surface area contributed by atoms with Crippen LogP contribution in [0.25, 0.3) is 16.8 Å². The lowest BCUT2D eigenvalue weighted by atomic mass is 10.00. The fourth-order valence-electron chi connectivity index (χ4n) is 3.05. The first-order valence-corrected chi connectivity index (χ1v) is 11.9. The van der Waals surface area contributed by atoms with Gasteiger partial charge in [-0.05, 0) is 60.1 Å². The number of aromatic nitrogens is 1. The molecule has 0 fully saturated rings. The van der Waals surface area contributed by atoms with Gasteiger partial charge in [0.25, 0.3) is 0 Å². The van der Waals surface area contributed by atoms with Crippen molar-refractivity contribution in [2.45, 2.75) is 6.54 Å². The van der Waals surface area contributed by atoms with Crippen molar-refractivity contribution >= 4 is 27.6 Å². The summed E-state index contributed by atoms with van der Waals surface area (Å²) in [6.07, 6.45) is 6.77. The number of pyridine rings is 1. The number of anilines is 1. The summed E-state index contributed by atoms with van der Waals surface area (Å²) in [7, 11) is -1.96. The number of nitrogens with zero attached hydrogens (tertiary/aromatic N) is 2. The van der Waals surface area contributed by atoms with Crippen LogP contribution in [-0.2, 0) is 16.6 Å². The van der Waals surface area contributed by atoms with Crippen LogP contribution < -0.4 is 15.8 Å². The van der Waals surface area contributed by atoms with Gasteiger partial charge in [0.2, 0.25) is 10.0 Å². The SMILES string of the molecule is CNS(=O)(=O)CCNc1ccc(-c2ccc(F)cc2)cc1C(N)=CC=NCc1cccnc1. The van der Waals surface area contributed by atoms with E-state index in [2.05, 4.69) is 20.0 Å². The van der Waals surface area contributed by atoms with E-state index in [4.69, 9.17) is 5.73 Å². The molecule has 0 spiro atoms. The number of hydrogen-bond acceptors (Lipinski definition) is 6. The molecular formula is C24H26FN5O2S. The molecule has 0 unspecified atom stereocenters. The second-order valence-electron chi connectivity index (χ2n) is 7.19. The van der Waals surface area contributed by atoms with Crippen LogP contribution in [0.1, 0.15) is 11.1 Å². The summed E-state index contributed by atoms with van der Waals surface area (Å²) in [5.41, 5.74) is 10.8. The van der Waals surface area contributed by atoms with E-state index in [0.29, 0.717) is 23.5 Å². The number of allylic oxidation sites excluding steroid dienone is 1. The van der Waals surface area contributed by atoms with Gasteiger partial charge < -0.3 is 11.1 Å². The van der Waals surface area contributed by atoms with Crippen LogP contribution in [0.2, 0.25) is 0 Å². The summed E-state index contributed by atoms with van der Waals surface area (Å²) in [6, 6.07) is 15.5. The quantitative estimate of drug-likeness (QED) is 0.396.